The van der Waals surface area contributed by atoms with Crippen LogP contribution in [0.25, 0.3) is 11.4 Å². The molecule has 8 nitrogen and oxygen atoms in total. The Kier molecular flexibility index (Phi) is 6.38. The number of carbonyl (C=O) groups is 2. The van der Waals surface area contributed by atoms with E-state index in [2.05, 4.69) is 15.5 Å². The summed E-state index contributed by atoms with van der Waals surface area (Å²) in [4.78, 5) is 23.6. The van der Waals surface area contributed by atoms with Gasteiger partial charge >= 0.3 is 6.03 Å². The highest BCUT2D eigenvalue weighted by Gasteiger charge is 2.28. The molecule has 3 N–H and O–H groups in total. The number of urea groups is 1. The van der Waals surface area contributed by atoms with Crippen molar-refractivity contribution in [3.8, 4) is 11.4 Å². The maximum atomic E-state index is 12.4. The van der Waals surface area contributed by atoms with Crippen LogP contribution >= 0.6 is 11.8 Å². The molecule has 0 radical (unpaired) electrons. The van der Waals surface area contributed by atoms with Crippen molar-refractivity contribution in [1.29, 1.82) is 0 Å². The Morgan fingerprint density at radius 3 is 2.66 bits per heavy atom. The van der Waals surface area contributed by atoms with Gasteiger partial charge in [-0.1, -0.05) is 49.4 Å². The number of thioether (sulfide) groups is 1. The molecule has 0 aliphatic heterocycles. The van der Waals surface area contributed by atoms with Gasteiger partial charge in [-0.2, -0.15) is 0 Å². The number of hydrogen-bond donors (Lipinski definition) is 2. The number of hydrogen-bond acceptors (Lipinski definition) is 6. The first-order chi connectivity index (χ1) is 13.8. The summed E-state index contributed by atoms with van der Waals surface area (Å²) >= 11 is 1.24. The molecule has 0 fully saturated rings. The van der Waals surface area contributed by atoms with E-state index >= 15 is 0 Å². The standard InChI is InChI=1S/C20H23N5O3S/c1-12(2)16(18(26)22-19(21)27)29-20-24-23-17(14-7-4-6-13(3)10-14)25(20)11-15-8-5-9-28-15/h4-10,12,16H,11H2,1-3H3,(H3,21,22,26,27)/t16-/m1/s1. The number of carbonyl (C=O) groups excluding carboxylic acids is 2. The molecule has 0 aliphatic rings. The van der Waals surface area contributed by atoms with E-state index in [1.165, 1.54) is 11.8 Å². The number of primary amides is 1. The second kappa shape index (κ2) is 8.95. The van der Waals surface area contributed by atoms with E-state index in [1.54, 1.807) is 6.26 Å². The Labute approximate surface area is 172 Å². The van der Waals surface area contributed by atoms with Crippen LogP contribution in [0.2, 0.25) is 0 Å². The number of amides is 3. The highest BCUT2D eigenvalue weighted by atomic mass is 32.2. The molecule has 0 saturated carbocycles. The Bertz CT molecular complexity index is 997. The normalized spacial score (nSPS) is 12.1. The largest absolute Gasteiger partial charge is 0.467 e. The van der Waals surface area contributed by atoms with Crippen LogP contribution in [0.15, 0.2) is 52.2 Å². The first kappa shape index (κ1) is 20.7. The molecule has 3 rings (SSSR count). The predicted octanol–water partition coefficient (Wildman–Crippen LogP) is 3.21. The first-order valence-electron chi connectivity index (χ1n) is 9.14. The van der Waals surface area contributed by atoms with Crippen molar-refractivity contribution < 1.29 is 14.0 Å². The third-order valence-corrected chi connectivity index (χ3v) is 5.76. The SMILES string of the molecule is Cc1cccc(-c2nnc(S[C@@H](C(=O)NC(N)=O)C(C)C)n2Cc2ccco2)c1. The summed E-state index contributed by atoms with van der Waals surface area (Å²) in [7, 11) is 0. The van der Waals surface area contributed by atoms with Gasteiger partial charge in [-0.15, -0.1) is 10.2 Å². The Morgan fingerprint density at radius 1 is 1.24 bits per heavy atom. The van der Waals surface area contributed by atoms with E-state index in [4.69, 9.17) is 10.2 Å². The number of furan rings is 1. The van der Waals surface area contributed by atoms with E-state index in [-0.39, 0.29) is 5.92 Å². The molecule has 0 unspecified atom stereocenters. The molecule has 2 aromatic heterocycles. The summed E-state index contributed by atoms with van der Waals surface area (Å²) in [5.74, 6) is 0.895. The van der Waals surface area contributed by atoms with Crippen molar-refractivity contribution >= 4 is 23.7 Å². The topological polar surface area (TPSA) is 116 Å². The van der Waals surface area contributed by atoms with Gasteiger partial charge in [0.15, 0.2) is 11.0 Å². The zero-order valence-corrected chi connectivity index (χ0v) is 17.3. The summed E-state index contributed by atoms with van der Waals surface area (Å²) in [6, 6.07) is 10.8. The smallest absolute Gasteiger partial charge is 0.318 e. The molecule has 29 heavy (non-hydrogen) atoms. The van der Waals surface area contributed by atoms with Crippen molar-refractivity contribution in [3.63, 3.8) is 0 Å². The van der Waals surface area contributed by atoms with Gasteiger partial charge < -0.3 is 10.2 Å². The number of aromatic nitrogens is 3. The number of aryl methyl sites for hydroxylation is 1. The van der Waals surface area contributed by atoms with Crippen molar-refractivity contribution in [2.24, 2.45) is 11.7 Å². The van der Waals surface area contributed by atoms with Crippen molar-refractivity contribution in [1.82, 2.24) is 20.1 Å². The molecule has 2 heterocycles. The zero-order chi connectivity index (χ0) is 21.0. The second-order valence-corrected chi connectivity index (χ2v) is 8.09. The van der Waals surface area contributed by atoms with Crippen molar-refractivity contribution in [2.75, 3.05) is 0 Å². The van der Waals surface area contributed by atoms with Gasteiger partial charge in [0.1, 0.15) is 5.76 Å². The molecular weight excluding hydrogens is 390 g/mol. The summed E-state index contributed by atoms with van der Waals surface area (Å²) < 4.78 is 7.41. The molecule has 1 aromatic carbocycles. The van der Waals surface area contributed by atoms with Gasteiger partial charge in [-0.05, 0) is 31.0 Å². The van der Waals surface area contributed by atoms with Crippen LogP contribution in [0.1, 0.15) is 25.2 Å². The third-order valence-electron chi connectivity index (χ3n) is 4.23. The molecule has 0 saturated heterocycles. The fourth-order valence-corrected chi connectivity index (χ4v) is 3.90. The molecule has 0 spiro atoms. The number of imide groups is 1. The maximum Gasteiger partial charge on any atom is 0.318 e. The molecule has 3 amide bonds. The lowest BCUT2D eigenvalue weighted by Gasteiger charge is -2.19. The third kappa shape index (κ3) is 5.05. The number of benzene rings is 1. The fourth-order valence-electron chi connectivity index (χ4n) is 2.87. The van der Waals surface area contributed by atoms with E-state index in [0.717, 1.165) is 16.9 Å². The van der Waals surface area contributed by atoms with Crippen molar-refractivity contribution in [2.45, 2.75) is 37.7 Å². The fraction of sp³-hybridized carbons (Fsp3) is 0.300. The van der Waals surface area contributed by atoms with Gasteiger partial charge in [-0.3, -0.25) is 14.7 Å². The Hall–Kier alpha value is -3.07. The van der Waals surface area contributed by atoms with Crippen LogP contribution in [-0.2, 0) is 11.3 Å². The summed E-state index contributed by atoms with van der Waals surface area (Å²) in [6.07, 6.45) is 1.61. The minimum Gasteiger partial charge on any atom is -0.467 e. The lowest BCUT2D eigenvalue weighted by molar-refractivity contribution is -0.120. The predicted molar refractivity (Wildman–Crippen MR) is 110 cm³/mol. The van der Waals surface area contributed by atoms with Gasteiger partial charge in [0, 0.05) is 5.56 Å². The molecular formula is C20H23N5O3S. The quantitative estimate of drug-likeness (QED) is 0.575. The minimum absolute atomic E-state index is 0.0597. The molecule has 0 bridgehead atoms. The molecule has 3 aromatic rings. The molecule has 0 aliphatic carbocycles. The Balaban J connectivity index is 1.99. The lowest BCUT2D eigenvalue weighted by atomic mass is 10.1. The van der Waals surface area contributed by atoms with Gasteiger partial charge in [0.25, 0.3) is 0 Å². The summed E-state index contributed by atoms with van der Waals surface area (Å²) in [5, 5.41) is 10.8. The lowest BCUT2D eigenvalue weighted by Crippen LogP contribution is -2.42. The second-order valence-electron chi connectivity index (χ2n) is 6.98. The van der Waals surface area contributed by atoms with Crippen LogP contribution in [-0.4, -0.2) is 32.0 Å². The average Bonchev–Trinajstić information content (AvgIpc) is 3.29. The summed E-state index contributed by atoms with van der Waals surface area (Å²) in [5.41, 5.74) is 7.13. The number of nitrogens with two attached hydrogens (primary N) is 1. The van der Waals surface area contributed by atoms with Crippen molar-refractivity contribution in [3.05, 3.63) is 54.0 Å². The van der Waals surface area contributed by atoms with E-state index in [0.29, 0.717) is 17.5 Å². The number of nitrogens with zero attached hydrogens (tertiary/aromatic N) is 3. The summed E-state index contributed by atoms with van der Waals surface area (Å²) in [6.45, 7) is 6.21. The van der Waals surface area contributed by atoms with E-state index in [1.807, 2.05) is 61.7 Å². The maximum absolute atomic E-state index is 12.4. The van der Waals surface area contributed by atoms with Crippen LogP contribution in [0.3, 0.4) is 0 Å². The first-order valence-corrected chi connectivity index (χ1v) is 10.0. The highest BCUT2D eigenvalue weighted by molar-refractivity contribution is 8.00. The monoisotopic (exact) mass is 413 g/mol. The highest BCUT2D eigenvalue weighted by Crippen LogP contribution is 2.31. The van der Waals surface area contributed by atoms with E-state index < -0.39 is 17.2 Å². The van der Waals surface area contributed by atoms with Crippen LogP contribution in [0, 0.1) is 12.8 Å². The number of nitrogens with one attached hydrogen (secondary N) is 1. The van der Waals surface area contributed by atoms with Gasteiger partial charge in [-0.25, -0.2) is 4.79 Å². The Morgan fingerprint density at radius 2 is 2.03 bits per heavy atom. The number of rotatable bonds is 7. The van der Waals surface area contributed by atoms with Gasteiger partial charge in [0.05, 0.1) is 18.1 Å². The molecule has 1 atom stereocenters. The van der Waals surface area contributed by atoms with Crippen LogP contribution in [0.4, 0.5) is 4.79 Å². The van der Waals surface area contributed by atoms with Gasteiger partial charge in [0.2, 0.25) is 5.91 Å². The molecule has 152 valence electrons. The van der Waals surface area contributed by atoms with E-state index in [9.17, 15) is 9.59 Å². The zero-order valence-electron chi connectivity index (χ0n) is 16.5. The molecule has 9 heteroatoms. The van der Waals surface area contributed by atoms with Crippen LogP contribution < -0.4 is 11.1 Å². The van der Waals surface area contributed by atoms with Crippen LogP contribution in [0.5, 0.6) is 0 Å². The average molecular weight is 414 g/mol. The minimum atomic E-state index is -0.876.